The van der Waals surface area contributed by atoms with Crippen LogP contribution in [0.4, 0.5) is 0 Å². The fourth-order valence-corrected chi connectivity index (χ4v) is 3.44. The van der Waals surface area contributed by atoms with Gasteiger partial charge in [-0.25, -0.2) is 0 Å². The molecule has 2 atom stereocenters. The van der Waals surface area contributed by atoms with Crippen LogP contribution >= 0.6 is 0 Å². The summed E-state index contributed by atoms with van der Waals surface area (Å²) in [7, 11) is 0. The summed E-state index contributed by atoms with van der Waals surface area (Å²) >= 11 is 0. The van der Waals surface area contributed by atoms with Gasteiger partial charge in [-0.05, 0) is 24.7 Å². The van der Waals surface area contributed by atoms with Gasteiger partial charge >= 0.3 is 0 Å². The predicted molar refractivity (Wildman–Crippen MR) is 139 cm³/mol. The summed E-state index contributed by atoms with van der Waals surface area (Å²) in [5.41, 5.74) is 0. The molecular weight excluding hydrogens is 418 g/mol. The van der Waals surface area contributed by atoms with Crippen molar-refractivity contribution in [1.82, 2.24) is 16.0 Å². The van der Waals surface area contributed by atoms with Crippen LogP contribution in [0.5, 0.6) is 0 Å². The number of aliphatic hydroxyl groups excluding tert-OH is 2. The summed E-state index contributed by atoms with van der Waals surface area (Å²) < 4.78 is 11.1. The zero-order valence-electron chi connectivity index (χ0n) is 22.2. The molecule has 0 heterocycles. The zero-order chi connectivity index (χ0) is 24.6. The Morgan fingerprint density at radius 3 is 1.33 bits per heavy atom. The van der Waals surface area contributed by atoms with Crippen molar-refractivity contribution in [2.75, 3.05) is 65.7 Å². The van der Waals surface area contributed by atoms with Gasteiger partial charge in [0.05, 0.1) is 25.4 Å². The number of nitrogens with one attached hydrogen (secondary N) is 3. The third kappa shape index (κ3) is 27.8. The van der Waals surface area contributed by atoms with E-state index in [2.05, 4.69) is 43.6 Å². The molecule has 5 N–H and O–H groups in total. The Morgan fingerprint density at radius 1 is 0.545 bits per heavy atom. The highest BCUT2D eigenvalue weighted by molar-refractivity contribution is 4.62. The first-order valence-electron chi connectivity index (χ1n) is 13.6. The fraction of sp³-hybridized carbons (Fsp3) is 1.00. The molecule has 0 spiro atoms. The monoisotopic (exact) mass is 475 g/mol. The summed E-state index contributed by atoms with van der Waals surface area (Å²) in [6, 6.07) is 0. The number of ether oxygens (including phenoxy) is 2. The van der Waals surface area contributed by atoms with Gasteiger partial charge in [0, 0.05) is 52.5 Å². The van der Waals surface area contributed by atoms with Crippen LogP contribution in [0.15, 0.2) is 0 Å². The van der Waals surface area contributed by atoms with Gasteiger partial charge < -0.3 is 35.6 Å². The van der Waals surface area contributed by atoms with E-state index in [1.165, 1.54) is 38.5 Å². The molecule has 0 radical (unpaired) electrons. The van der Waals surface area contributed by atoms with Gasteiger partial charge in [-0.2, -0.15) is 0 Å². The van der Waals surface area contributed by atoms with Crippen LogP contribution in [0.1, 0.15) is 79.1 Å². The van der Waals surface area contributed by atoms with Gasteiger partial charge in [0.2, 0.25) is 0 Å². The first kappa shape index (κ1) is 32.7. The lowest BCUT2D eigenvalue weighted by atomic mass is 10.1. The topological polar surface area (TPSA) is 95.0 Å². The molecule has 7 nitrogen and oxygen atoms in total. The Kier molecular flexibility index (Phi) is 24.6. The minimum absolute atomic E-state index is 0.401. The van der Waals surface area contributed by atoms with Crippen molar-refractivity contribution < 1.29 is 19.7 Å². The van der Waals surface area contributed by atoms with Crippen LogP contribution in [-0.4, -0.2) is 88.1 Å². The summed E-state index contributed by atoms with van der Waals surface area (Å²) in [5.74, 6) is 1.56. The molecule has 0 fully saturated rings. The molecule has 33 heavy (non-hydrogen) atoms. The molecule has 0 aromatic carbocycles. The Labute approximate surface area is 204 Å². The van der Waals surface area contributed by atoms with E-state index in [-0.39, 0.29) is 0 Å². The molecule has 0 saturated carbocycles. The van der Waals surface area contributed by atoms with Crippen molar-refractivity contribution in [3.8, 4) is 0 Å². The van der Waals surface area contributed by atoms with Crippen molar-refractivity contribution in [3.63, 3.8) is 0 Å². The second-order valence-electron chi connectivity index (χ2n) is 10.1. The Morgan fingerprint density at radius 2 is 0.939 bits per heavy atom. The predicted octanol–water partition coefficient (Wildman–Crippen LogP) is 2.94. The van der Waals surface area contributed by atoms with E-state index in [0.717, 1.165) is 64.1 Å². The normalized spacial score (nSPS) is 13.8. The molecule has 7 heteroatoms. The molecule has 0 aliphatic rings. The maximum atomic E-state index is 9.93. The van der Waals surface area contributed by atoms with Crippen LogP contribution in [0.2, 0.25) is 0 Å². The number of hydrogen-bond donors (Lipinski definition) is 5. The van der Waals surface area contributed by atoms with E-state index in [0.29, 0.717) is 26.3 Å². The van der Waals surface area contributed by atoms with Crippen molar-refractivity contribution in [2.24, 2.45) is 11.8 Å². The van der Waals surface area contributed by atoms with Gasteiger partial charge in [0.25, 0.3) is 0 Å². The van der Waals surface area contributed by atoms with Gasteiger partial charge in [-0.15, -0.1) is 0 Å². The molecule has 2 unspecified atom stereocenters. The molecule has 200 valence electrons. The fourth-order valence-electron chi connectivity index (χ4n) is 3.44. The smallest absolute Gasteiger partial charge is 0.0897 e. The van der Waals surface area contributed by atoms with Crippen molar-refractivity contribution in [1.29, 1.82) is 0 Å². The second kappa shape index (κ2) is 24.8. The Bertz CT molecular complexity index is 353. The average Bonchev–Trinajstić information content (AvgIpc) is 2.76. The van der Waals surface area contributed by atoms with Crippen molar-refractivity contribution >= 4 is 0 Å². The van der Waals surface area contributed by atoms with E-state index in [9.17, 15) is 10.2 Å². The first-order chi connectivity index (χ1) is 15.9. The molecule has 0 aromatic rings. The molecule has 0 bridgehead atoms. The third-order valence-electron chi connectivity index (χ3n) is 5.48. The van der Waals surface area contributed by atoms with Gasteiger partial charge in [-0.3, -0.25) is 0 Å². The summed E-state index contributed by atoms with van der Waals surface area (Å²) in [4.78, 5) is 0. The Balaban J connectivity index is 3.26. The molecule has 0 amide bonds. The van der Waals surface area contributed by atoms with Crippen molar-refractivity contribution in [3.05, 3.63) is 0 Å². The maximum Gasteiger partial charge on any atom is 0.0897 e. The highest BCUT2D eigenvalue weighted by Gasteiger charge is 2.05. The van der Waals surface area contributed by atoms with Gasteiger partial charge in [-0.1, -0.05) is 66.2 Å². The zero-order valence-corrected chi connectivity index (χ0v) is 22.2. The summed E-state index contributed by atoms with van der Waals surface area (Å²) in [6.45, 7) is 15.7. The third-order valence-corrected chi connectivity index (χ3v) is 5.48. The standard InChI is InChI=1S/C26H57N3O4/c1-23(2)11-7-5-9-17-32-21-25(30)19-28-15-13-27-14-16-29-20-26(31)22-33-18-10-6-8-12-24(3)4/h23-31H,5-22H2,1-4H3. The minimum atomic E-state index is -0.453. The van der Waals surface area contributed by atoms with Gasteiger partial charge in [0.1, 0.15) is 0 Å². The quantitative estimate of drug-likeness (QED) is 0.123. The van der Waals surface area contributed by atoms with Crippen LogP contribution in [0.3, 0.4) is 0 Å². The van der Waals surface area contributed by atoms with Crippen LogP contribution < -0.4 is 16.0 Å². The number of hydrogen-bond acceptors (Lipinski definition) is 7. The first-order valence-corrected chi connectivity index (χ1v) is 13.6. The number of rotatable bonds is 26. The summed E-state index contributed by atoms with van der Waals surface area (Å²) in [5, 5.41) is 29.7. The van der Waals surface area contributed by atoms with Crippen LogP contribution in [0, 0.1) is 11.8 Å². The SMILES string of the molecule is CC(C)CCCCCOCC(O)CNCCNCCNCC(O)COCCCCCC(C)C. The maximum absolute atomic E-state index is 9.93. The largest absolute Gasteiger partial charge is 0.389 e. The van der Waals surface area contributed by atoms with E-state index < -0.39 is 12.2 Å². The lowest BCUT2D eigenvalue weighted by molar-refractivity contribution is 0.0353. The molecule has 0 rings (SSSR count). The highest BCUT2D eigenvalue weighted by Crippen LogP contribution is 2.08. The van der Waals surface area contributed by atoms with E-state index in [4.69, 9.17) is 9.47 Å². The van der Waals surface area contributed by atoms with E-state index in [1.807, 2.05) is 0 Å². The molecular formula is C26H57N3O4. The van der Waals surface area contributed by atoms with Gasteiger partial charge in [0.15, 0.2) is 0 Å². The Hall–Kier alpha value is -0.280. The van der Waals surface area contributed by atoms with E-state index in [1.54, 1.807) is 0 Å². The summed E-state index contributed by atoms with van der Waals surface area (Å²) in [6.07, 6.45) is 8.76. The number of unbranched alkanes of at least 4 members (excludes halogenated alkanes) is 4. The van der Waals surface area contributed by atoms with Crippen LogP contribution in [-0.2, 0) is 9.47 Å². The molecule has 0 aromatic heterocycles. The highest BCUT2D eigenvalue weighted by atomic mass is 16.5. The molecule has 0 aliphatic carbocycles. The van der Waals surface area contributed by atoms with Crippen LogP contribution in [0.25, 0.3) is 0 Å². The van der Waals surface area contributed by atoms with E-state index >= 15 is 0 Å². The molecule has 0 aliphatic heterocycles. The lowest BCUT2D eigenvalue weighted by Gasteiger charge is -2.14. The average molecular weight is 476 g/mol. The molecule has 0 saturated heterocycles. The number of aliphatic hydroxyl groups is 2. The second-order valence-corrected chi connectivity index (χ2v) is 10.1. The van der Waals surface area contributed by atoms with Crippen molar-refractivity contribution in [2.45, 2.75) is 91.3 Å². The lowest BCUT2D eigenvalue weighted by Crippen LogP contribution is -2.38. The minimum Gasteiger partial charge on any atom is -0.389 e.